The van der Waals surface area contributed by atoms with Crippen LogP contribution in [0.3, 0.4) is 0 Å². The molecule has 0 bridgehead atoms. The van der Waals surface area contributed by atoms with Crippen LogP contribution in [0, 0.1) is 13.8 Å². The van der Waals surface area contributed by atoms with Crippen LogP contribution in [-0.2, 0) is 14.6 Å². The van der Waals surface area contributed by atoms with E-state index in [2.05, 4.69) is 15.3 Å². The molecule has 7 nitrogen and oxygen atoms in total. The van der Waals surface area contributed by atoms with Crippen LogP contribution in [-0.4, -0.2) is 30.0 Å². The molecular weight excluding hydrogens is 446 g/mol. The van der Waals surface area contributed by atoms with E-state index in [-0.39, 0.29) is 26.7 Å². The lowest BCUT2D eigenvalue weighted by atomic mass is 10.2. The molecule has 1 amide bonds. The largest absolute Gasteiger partial charge is 0.325 e. The summed E-state index contributed by atoms with van der Waals surface area (Å²) < 4.78 is 25.5. The molecule has 0 spiro atoms. The number of sulfone groups is 1. The Bertz CT molecular complexity index is 1260. The summed E-state index contributed by atoms with van der Waals surface area (Å²) in [5.74, 6) is -0.284. The summed E-state index contributed by atoms with van der Waals surface area (Å²) in [6.07, 6.45) is 0.988. The molecule has 0 fully saturated rings. The quantitative estimate of drug-likeness (QED) is 0.427. The Morgan fingerprint density at radius 1 is 1.17 bits per heavy atom. The third-order valence-corrected chi connectivity index (χ3v) is 7.20. The van der Waals surface area contributed by atoms with Gasteiger partial charge in [-0.3, -0.25) is 9.59 Å². The van der Waals surface area contributed by atoms with Gasteiger partial charge in [0.1, 0.15) is 0 Å². The molecule has 0 aliphatic heterocycles. The summed E-state index contributed by atoms with van der Waals surface area (Å²) in [5.41, 5.74) is 1.64. The van der Waals surface area contributed by atoms with Gasteiger partial charge >= 0.3 is 0 Å². The number of aryl methyl sites for hydroxylation is 2. The molecule has 1 heterocycles. The third kappa shape index (κ3) is 5.10. The average molecular weight is 464 g/mol. The van der Waals surface area contributed by atoms with Gasteiger partial charge in [0.2, 0.25) is 15.7 Å². The van der Waals surface area contributed by atoms with Crippen molar-refractivity contribution >= 4 is 44.8 Å². The minimum Gasteiger partial charge on any atom is -0.325 e. The summed E-state index contributed by atoms with van der Waals surface area (Å²) in [6, 6.07) is 11.6. The van der Waals surface area contributed by atoms with Gasteiger partial charge in [0.25, 0.3) is 5.56 Å². The van der Waals surface area contributed by atoms with E-state index in [4.69, 9.17) is 11.6 Å². The van der Waals surface area contributed by atoms with Crippen LogP contribution in [0.25, 0.3) is 0 Å². The molecule has 3 aromatic rings. The number of carbonyl (C=O) groups is 1. The minimum absolute atomic E-state index is 0.00349. The van der Waals surface area contributed by atoms with Crippen LogP contribution in [0.1, 0.15) is 11.1 Å². The van der Waals surface area contributed by atoms with Crippen LogP contribution >= 0.6 is 23.4 Å². The topological polar surface area (TPSA) is 109 Å². The number of H-pyrrole nitrogens is 1. The molecule has 0 aliphatic rings. The van der Waals surface area contributed by atoms with E-state index in [0.29, 0.717) is 5.69 Å². The van der Waals surface area contributed by atoms with E-state index >= 15 is 0 Å². The minimum atomic E-state index is -4.08. The van der Waals surface area contributed by atoms with E-state index in [0.717, 1.165) is 29.1 Å². The van der Waals surface area contributed by atoms with Gasteiger partial charge in [0.15, 0.2) is 10.1 Å². The Kier molecular flexibility index (Phi) is 6.64. The first-order valence-corrected chi connectivity index (χ1v) is 11.6. The monoisotopic (exact) mass is 463 g/mol. The summed E-state index contributed by atoms with van der Waals surface area (Å²) in [7, 11) is -4.08. The van der Waals surface area contributed by atoms with Crippen molar-refractivity contribution in [1.82, 2.24) is 9.97 Å². The highest BCUT2D eigenvalue weighted by Gasteiger charge is 2.23. The van der Waals surface area contributed by atoms with Crippen LogP contribution in [0.15, 0.2) is 68.4 Å². The smallest absolute Gasteiger partial charge is 0.270 e. The maximum absolute atomic E-state index is 12.7. The van der Waals surface area contributed by atoms with E-state index in [1.807, 2.05) is 19.1 Å². The number of thioether (sulfide) groups is 1. The van der Waals surface area contributed by atoms with Crippen molar-refractivity contribution in [2.75, 3.05) is 11.1 Å². The first-order valence-electron chi connectivity index (χ1n) is 8.77. The highest BCUT2D eigenvalue weighted by molar-refractivity contribution is 7.99. The Labute approximate surface area is 182 Å². The Morgan fingerprint density at radius 2 is 1.87 bits per heavy atom. The lowest BCUT2D eigenvalue weighted by Gasteiger charge is -2.07. The number of aromatic nitrogens is 2. The second kappa shape index (κ2) is 9.03. The number of hydrogen-bond acceptors (Lipinski definition) is 6. The summed E-state index contributed by atoms with van der Waals surface area (Å²) in [4.78, 5) is 30.2. The van der Waals surface area contributed by atoms with Crippen molar-refractivity contribution < 1.29 is 13.2 Å². The fourth-order valence-electron chi connectivity index (χ4n) is 2.47. The van der Waals surface area contributed by atoms with Crippen molar-refractivity contribution in [3.63, 3.8) is 0 Å². The Morgan fingerprint density at radius 3 is 2.50 bits per heavy atom. The van der Waals surface area contributed by atoms with Crippen LogP contribution in [0.2, 0.25) is 5.02 Å². The zero-order chi connectivity index (χ0) is 21.9. The van der Waals surface area contributed by atoms with E-state index in [1.165, 1.54) is 12.1 Å². The molecule has 2 aromatic carbocycles. The Hall–Kier alpha value is -2.62. The maximum Gasteiger partial charge on any atom is 0.270 e. The highest BCUT2D eigenvalue weighted by Crippen LogP contribution is 2.24. The molecular formula is C20H18ClN3O4S2. The molecule has 0 atom stereocenters. The number of rotatable bonds is 6. The summed E-state index contributed by atoms with van der Waals surface area (Å²) in [5, 5.41) is 3.16. The molecule has 2 N–H and O–H groups in total. The summed E-state index contributed by atoms with van der Waals surface area (Å²) >= 11 is 6.99. The Balaban J connectivity index is 1.71. The zero-order valence-electron chi connectivity index (χ0n) is 16.1. The number of hydrogen-bond donors (Lipinski definition) is 2. The molecule has 30 heavy (non-hydrogen) atoms. The molecule has 10 heteroatoms. The number of nitrogens with one attached hydrogen (secondary N) is 2. The fraction of sp³-hybridized carbons (Fsp3) is 0.150. The number of aromatic amines is 1. The predicted octanol–water partition coefficient (Wildman–Crippen LogP) is 3.60. The molecule has 0 saturated heterocycles. The zero-order valence-corrected chi connectivity index (χ0v) is 18.5. The van der Waals surface area contributed by atoms with Gasteiger partial charge in [-0.15, -0.1) is 0 Å². The van der Waals surface area contributed by atoms with Crippen LogP contribution in [0.5, 0.6) is 0 Å². The number of halogens is 1. The second-order valence-electron chi connectivity index (χ2n) is 6.50. The number of amides is 1. The molecule has 0 aliphatic carbocycles. The van der Waals surface area contributed by atoms with Gasteiger partial charge in [-0.05, 0) is 43.7 Å². The van der Waals surface area contributed by atoms with Gasteiger partial charge in [-0.25, -0.2) is 13.4 Å². The van der Waals surface area contributed by atoms with E-state index in [9.17, 15) is 18.0 Å². The molecule has 0 unspecified atom stereocenters. The number of carbonyl (C=O) groups excluding carboxylic acids is 1. The summed E-state index contributed by atoms with van der Waals surface area (Å²) in [6.45, 7) is 3.69. The second-order valence-corrected chi connectivity index (χ2v) is 9.79. The van der Waals surface area contributed by atoms with Gasteiger partial charge < -0.3 is 10.3 Å². The number of benzene rings is 2. The third-order valence-electron chi connectivity index (χ3n) is 4.16. The van der Waals surface area contributed by atoms with Crippen molar-refractivity contribution in [3.05, 3.63) is 75.2 Å². The predicted molar refractivity (Wildman–Crippen MR) is 117 cm³/mol. The van der Waals surface area contributed by atoms with Gasteiger partial charge in [-0.1, -0.05) is 47.1 Å². The van der Waals surface area contributed by atoms with Crippen molar-refractivity contribution in [1.29, 1.82) is 0 Å². The molecule has 1 aromatic heterocycles. The van der Waals surface area contributed by atoms with E-state index < -0.39 is 20.3 Å². The molecule has 156 valence electrons. The van der Waals surface area contributed by atoms with Gasteiger partial charge in [0, 0.05) is 10.7 Å². The van der Waals surface area contributed by atoms with Gasteiger partial charge in [-0.2, -0.15) is 0 Å². The van der Waals surface area contributed by atoms with Crippen LogP contribution < -0.4 is 10.9 Å². The maximum atomic E-state index is 12.7. The van der Waals surface area contributed by atoms with Crippen molar-refractivity contribution in [2.45, 2.75) is 28.8 Å². The highest BCUT2D eigenvalue weighted by atomic mass is 35.5. The first kappa shape index (κ1) is 22.1. The normalized spacial score (nSPS) is 11.3. The van der Waals surface area contributed by atoms with Crippen molar-refractivity contribution in [2.24, 2.45) is 0 Å². The lowest BCUT2D eigenvalue weighted by molar-refractivity contribution is -0.113. The first-order chi connectivity index (χ1) is 14.2. The van der Waals surface area contributed by atoms with E-state index in [1.54, 1.807) is 25.1 Å². The standard InChI is InChI=1S/C20H18ClN3O4S2/c1-12-3-6-14(7-4-12)23-18(25)11-29-20-22-10-17(19(26)24-20)30(27,28)15-8-5-13(2)16(21)9-15/h3-10H,11H2,1-2H3,(H,23,25)(H,22,24,26). The van der Waals surface area contributed by atoms with Gasteiger partial charge in [0.05, 0.1) is 16.8 Å². The van der Waals surface area contributed by atoms with Crippen LogP contribution in [0.4, 0.5) is 5.69 Å². The molecule has 3 rings (SSSR count). The SMILES string of the molecule is Cc1ccc(NC(=O)CSc2ncc(S(=O)(=O)c3ccc(C)c(Cl)c3)c(=O)[nH]2)cc1. The average Bonchev–Trinajstić information content (AvgIpc) is 2.70. The number of nitrogens with zero attached hydrogens (tertiary/aromatic N) is 1. The number of anilines is 1. The fourth-order valence-corrected chi connectivity index (χ4v) is 4.61. The lowest BCUT2D eigenvalue weighted by Crippen LogP contribution is -2.20. The molecule has 0 saturated carbocycles. The molecule has 0 radical (unpaired) electrons. The van der Waals surface area contributed by atoms with Crippen molar-refractivity contribution in [3.8, 4) is 0 Å².